The van der Waals surface area contributed by atoms with Gasteiger partial charge in [-0.05, 0) is 30.9 Å². The van der Waals surface area contributed by atoms with Gasteiger partial charge < -0.3 is 10.6 Å². The summed E-state index contributed by atoms with van der Waals surface area (Å²) in [6, 6.07) is 10.2. The summed E-state index contributed by atoms with van der Waals surface area (Å²) in [5, 5.41) is 14.8. The van der Waals surface area contributed by atoms with Gasteiger partial charge in [-0.1, -0.05) is 31.2 Å². The molecule has 1 atom stereocenters. The maximum absolute atomic E-state index is 11.8. The SMILES string of the molecule is CCc1ccc(C(C)N/C=C(/C#N)C(=O)NCCCCl)cc1. The summed E-state index contributed by atoms with van der Waals surface area (Å²) in [5.74, 6) is 0.100. The van der Waals surface area contributed by atoms with Gasteiger partial charge in [0.15, 0.2) is 0 Å². The van der Waals surface area contributed by atoms with E-state index in [1.165, 1.54) is 11.8 Å². The summed E-state index contributed by atoms with van der Waals surface area (Å²) in [6.07, 6.45) is 3.15. The topological polar surface area (TPSA) is 64.9 Å². The summed E-state index contributed by atoms with van der Waals surface area (Å²) < 4.78 is 0. The zero-order chi connectivity index (χ0) is 16.4. The van der Waals surface area contributed by atoms with Crippen LogP contribution in [0.25, 0.3) is 0 Å². The number of nitrogens with zero attached hydrogens (tertiary/aromatic N) is 1. The van der Waals surface area contributed by atoms with Crippen molar-refractivity contribution in [1.29, 1.82) is 5.26 Å². The van der Waals surface area contributed by atoms with Gasteiger partial charge in [-0.15, -0.1) is 11.6 Å². The van der Waals surface area contributed by atoms with E-state index in [-0.39, 0.29) is 17.5 Å². The molecule has 0 aliphatic carbocycles. The molecule has 5 heteroatoms. The number of nitriles is 1. The van der Waals surface area contributed by atoms with E-state index >= 15 is 0 Å². The fourth-order valence-electron chi connectivity index (χ4n) is 1.86. The van der Waals surface area contributed by atoms with Crippen molar-refractivity contribution in [2.75, 3.05) is 12.4 Å². The smallest absolute Gasteiger partial charge is 0.263 e. The van der Waals surface area contributed by atoms with Crippen LogP contribution in [0.2, 0.25) is 0 Å². The highest BCUT2D eigenvalue weighted by atomic mass is 35.5. The fourth-order valence-corrected chi connectivity index (χ4v) is 1.99. The lowest BCUT2D eigenvalue weighted by atomic mass is 10.1. The number of benzene rings is 1. The lowest BCUT2D eigenvalue weighted by molar-refractivity contribution is -0.117. The predicted molar refractivity (Wildman–Crippen MR) is 89.4 cm³/mol. The van der Waals surface area contributed by atoms with Gasteiger partial charge in [0.1, 0.15) is 11.6 Å². The van der Waals surface area contributed by atoms with E-state index in [0.29, 0.717) is 18.8 Å². The van der Waals surface area contributed by atoms with Crippen LogP contribution < -0.4 is 10.6 Å². The van der Waals surface area contributed by atoms with Crippen LogP contribution in [0.4, 0.5) is 0 Å². The Morgan fingerprint density at radius 3 is 2.64 bits per heavy atom. The normalized spacial score (nSPS) is 12.4. The van der Waals surface area contributed by atoms with Crippen molar-refractivity contribution in [2.24, 2.45) is 0 Å². The first-order valence-corrected chi connectivity index (χ1v) is 7.95. The van der Waals surface area contributed by atoms with Crippen LogP contribution in [0, 0.1) is 11.3 Å². The summed E-state index contributed by atoms with van der Waals surface area (Å²) in [7, 11) is 0. The number of rotatable bonds is 8. The van der Waals surface area contributed by atoms with Crippen LogP contribution in [0.1, 0.15) is 37.4 Å². The quantitative estimate of drug-likeness (QED) is 0.335. The molecule has 0 aliphatic rings. The highest BCUT2D eigenvalue weighted by Crippen LogP contribution is 2.14. The van der Waals surface area contributed by atoms with E-state index in [1.807, 2.05) is 13.0 Å². The zero-order valence-electron chi connectivity index (χ0n) is 13.0. The summed E-state index contributed by atoms with van der Waals surface area (Å²) >= 11 is 5.55. The molecule has 1 aromatic rings. The van der Waals surface area contributed by atoms with Gasteiger partial charge in [0, 0.05) is 24.7 Å². The first-order valence-electron chi connectivity index (χ1n) is 7.41. The largest absolute Gasteiger partial charge is 0.383 e. The van der Waals surface area contributed by atoms with Crippen molar-refractivity contribution in [2.45, 2.75) is 32.7 Å². The molecule has 0 spiro atoms. The Morgan fingerprint density at radius 2 is 2.09 bits per heavy atom. The summed E-state index contributed by atoms with van der Waals surface area (Å²) in [5.41, 5.74) is 2.45. The molecule has 1 aromatic carbocycles. The van der Waals surface area contributed by atoms with Crippen molar-refractivity contribution in [3.63, 3.8) is 0 Å². The Kier molecular flexibility index (Phi) is 8.09. The van der Waals surface area contributed by atoms with Gasteiger partial charge in [-0.2, -0.15) is 5.26 Å². The van der Waals surface area contributed by atoms with Gasteiger partial charge in [0.2, 0.25) is 0 Å². The minimum Gasteiger partial charge on any atom is -0.383 e. The molecule has 22 heavy (non-hydrogen) atoms. The maximum Gasteiger partial charge on any atom is 0.263 e. The lowest BCUT2D eigenvalue weighted by Gasteiger charge is -2.13. The van der Waals surface area contributed by atoms with Crippen LogP contribution in [0.3, 0.4) is 0 Å². The second kappa shape index (κ2) is 9.86. The first kappa shape index (κ1) is 18.1. The molecule has 0 fully saturated rings. The highest BCUT2D eigenvalue weighted by Gasteiger charge is 2.09. The molecule has 118 valence electrons. The van der Waals surface area contributed by atoms with E-state index in [9.17, 15) is 4.79 Å². The second-order valence-corrected chi connectivity index (χ2v) is 5.33. The number of hydrogen-bond acceptors (Lipinski definition) is 3. The number of carbonyl (C=O) groups excluding carboxylic acids is 1. The standard InChI is InChI=1S/C17H22ClN3O/c1-3-14-5-7-15(8-6-14)13(2)21-12-16(11-19)17(22)20-10-4-9-18/h5-8,12-13,21H,3-4,9-10H2,1-2H3,(H,20,22)/b16-12-. The Hall–Kier alpha value is -1.99. The molecule has 0 aromatic heterocycles. The molecule has 0 bridgehead atoms. The third-order valence-corrected chi connectivity index (χ3v) is 3.59. The molecular formula is C17H22ClN3O. The Balaban J connectivity index is 2.62. The number of halogens is 1. The monoisotopic (exact) mass is 319 g/mol. The molecule has 1 rings (SSSR count). The Morgan fingerprint density at radius 1 is 1.41 bits per heavy atom. The summed E-state index contributed by atoms with van der Waals surface area (Å²) in [6.45, 7) is 4.56. The molecule has 0 saturated carbocycles. The van der Waals surface area contributed by atoms with Crippen molar-refractivity contribution < 1.29 is 4.79 Å². The molecule has 0 aliphatic heterocycles. The third-order valence-electron chi connectivity index (χ3n) is 3.33. The molecule has 0 heterocycles. The van der Waals surface area contributed by atoms with Crippen LogP contribution >= 0.6 is 11.6 Å². The molecular weight excluding hydrogens is 298 g/mol. The van der Waals surface area contributed by atoms with Crippen molar-refractivity contribution in [3.05, 3.63) is 47.2 Å². The molecule has 1 unspecified atom stereocenters. The van der Waals surface area contributed by atoms with Gasteiger partial charge in [-0.25, -0.2) is 0 Å². The number of alkyl halides is 1. The molecule has 2 N–H and O–H groups in total. The van der Waals surface area contributed by atoms with Gasteiger partial charge in [0.25, 0.3) is 5.91 Å². The Bertz CT molecular complexity index is 546. The first-order chi connectivity index (χ1) is 10.6. The lowest BCUT2D eigenvalue weighted by Crippen LogP contribution is -2.27. The van der Waals surface area contributed by atoms with E-state index in [0.717, 1.165) is 12.0 Å². The van der Waals surface area contributed by atoms with Crippen LogP contribution in [0.15, 0.2) is 36.0 Å². The van der Waals surface area contributed by atoms with Crippen LogP contribution in [-0.4, -0.2) is 18.3 Å². The highest BCUT2D eigenvalue weighted by molar-refractivity contribution is 6.17. The molecule has 0 radical (unpaired) electrons. The minimum atomic E-state index is -0.381. The number of carbonyl (C=O) groups is 1. The minimum absolute atomic E-state index is 0.0184. The Labute approximate surface area is 137 Å². The summed E-state index contributed by atoms with van der Waals surface area (Å²) in [4.78, 5) is 11.8. The van der Waals surface area contributed by atoms with E-state index in [1.54, 1.807) is 0 Å². The average molecular weight is 320 g/mol. The second-order valence-electron chi connectivity index (χ2n) is 4.95. The maximum atomic E-state index is 11.8. The van der Waals surface area contributed by atoms with Gasteiger partial charge >= 0.3 is 0 Å². The third kappa shape index (κ3) is 5.79. The number of aryl methyl sites for hydroxylation is 1. The van der Waals surface area contributed by atoms with Gasteiger partial charge in [-0.3, -0.25) is 4.79 Å². The molecule has 4 nitrogen and oxygen atoms in total. The van der Waals surface area contributed by atoms with Gasteiger partial charge in [0.05, 0.1) is 0 Å². The van der Waals surface area contributed by atoms with E-state index in [2.05, 4.69) is 41.8 Å². The zero-order valence-corrected chi connectivity index (χ0v) is 13.8. The molecule has 1 amide bonds. The fraction of sp³-hybridized carbons (Fsp3) is 0.412. The van der Waals surface area contributed by atoms with Crippen molar-refractivity contribution >= 4 is 17.5 Å². The number of hydrogen-bond donors (Lipinski definition) is 2. The van der Waals surface area contributed by atoms with Crippen molar-refractivity contribution in [1.82, 2.24) is 10.6 Å². The van der Waals surface area contributed by atoms with E-state index < -0.39 is 0 Å². The van der Waals surface area contributed by atoms with Crippen LogP contribution in [-0.2, 0) is 11.2 Å². The van der Waals surface area contributed by atoms with E-state index in [4.69, 9.17) is 16.9 Å². The average Bonchev–Trinajstić information content (AvgIpc) is 2.55. The number of nitrogens with one attached hydrogen (secondary N) is 2. The van der Waals surface area contributed by atoms with Crippen LogP contribution in [0.5, 0.6) is 0 Å². The van der Waals surface area contributed by atoms with Crippen molar-refractivity contribution in [3.8, 4) is 6.07 Å². The number of amides is 1. The molecule has 0 saturated heterocycles. The predicted octanol–water partition coefficient (Wildman–Crippen LogP) is 3.05.